The standard InChI is InChI=1S/C24H19ClFN3O4/c25-17-7-10-20-21(13-17)33-24(32)29(20)12-11-22(30)28-18-8-5-15(6-9-18)23(31)27-14-16-3-1-2-4-19(16)26/h1-10,13H,11-12,14H2,(H,27,31)(H,28,30). The molecule has 0 aliphatic heterocycles. The first-order valence-corrected chi connectivity index (χ1v) is 10.5. The van der Waals surface area contributed by atoms with Crippen LogP contribution in [0.25, 0.3) is 11.1 Å². The molecule has 2 amide bonds. The third-order valence-electron chi connectivity index (χ3n) is 5.02. The van der Waals surface area contributed by atoms with Crippen molar-refractivity contribution in [2.45, 2.75) is 19.5 Å². The van der Waals surface area contributed by atoms with Crippen LogP contribution in [-0.2, 0) is 17.9 Å². The Balaban J connectivity index is 1.32. The van der Waals surface area contributed by atoms with E-state index in [-0.39, 0.29) is 37.1 Å². The molecule has 0 radical (unpaired) electrons. The second-order valence-electron chi connectivity index (χ2n) is 7.28. The topological polar surface area (TPSA) is 93.3 Å². The Morgan fingerprint density at radius 2 is 1.79 bits per heavy atom. The highest BCUT2D eigenvalue weighted by atomic mass is 35.5. The van der Waals surface area contributed by atoms with E-state index in [1.165, 1.54) is 10.6 Å². The molecule has 0 saturated heterocycles. The SMILES string of the molecule is O=C(CCn1c(=O)oc2cc(Cl)ccc21)Nc1ccc(C(=O)NCc2ccccc2F)cc1. The molecule has 3 aromatic carbocycles. The monoisotopic (exact) mass is 467 g/mol. The number of benzene rings is 3. The van der Waals surface area contributed by atoms with Crippen molar-refractivity contribution in [2.75, 3.05) is 5.32 Å². The molecule has 0 spiro atoms. The van der Waals surface area contributed by atoms with Gasteiger partial charge in [0.1, 0.15) is 5.82 Å². The van der Waals surface area contributed by atoms with Gasteiger partial charge in [-0.25, -0.2) is 9.18 Å². The van der Waals surface area contributed by atoms with Gasteiger partial charge in [-0.3, -0.25) is 14.2 Å². The fourth-order valence-electron chi connectivity index (χ4n) is 3.31. The number of oxazole rings is 1. The smallest absolute Gasteiger partial charge is 0.408 e. The molecule has 2 N–H and O–H groups in total. The van der Waals surface area contributed by atoms with Crippen LogP contribution in [0.15, 0.2) is 75.9 Å². The van der Waals surface area contributed by atoms with Gasteiger partial charge in [0.25, 0.3) is 5.91 Å². The Morgan fingerprint density at radius 3 is 2.55 bits per heavy atom. The number of fused-ring (bicyclic) bond motifs is 1. The summed E-state index contributed by atoms with van der Waals surface area (Å²) in [5.74, 6) is -1.61. The van der Waals surface area contributed by atoms with E-state index in [4.69, 9.17) is 16.0 Å². The minimum Gasteiger partial charge on any atom is -0.408 e. The number of nitrogens with one attached hydrogen (secondary N) is 2. The zero-order chi connectivity index (χ0) is 23.4. The fraction of sp³-hybridized carbons (Fsp3) is 0.125. The minimum absolute atomic E-state index is 0.0437. The summed E-state index contributed by atoms with van der Waals surface area (Å²) in [6.07, 6.45) is 0.0437. The van der Waals surface area contributed by atoms with Gasteiger partial charge in [0.2, 0.25) is 5.91 Å². The van der Waals surface area contributed by atoms with Crippen molar-refractivity contribution in [3.05, 3.63) is 99.2 Å². The molecule has 0 unspecified atom stereocenters. The number of nitrogens with zero attached hydrogens (tertiary/aromatic N) is 1. The second-order valence-corrected chi connectivity index (χ2v) is 7.72. The summed E-state index contributed by atoms with van der Waals surface area (Å²) >= 11 is 5.91. The second kappa shape index (κ2) is 9.70. The third-order valence-corrected chi connectivity index (χ3v) is 5.26. The number of aromatic nitrogens is 1. The summed E-state index contributed by atoms with van der Waals surface area (Å²) in [6.45, 7) is 0.202. The highest BCUT2D eigenvalue weighted by Gasteiger charge is 2.12. The molecule has 33 heavy (non-hydrogen) atoms. The van der Waals surface area contributed by atoms with Crippen LogP contribution >= 0.6 is 11.6 Å². The van der Waals surface area contributed by atoms with E-state index in [0.717, 1.165) is 0 Å². The zero-order valence-electron chi connectivity index (χ0n) is 17.3. The number of anilines is 1. The first-order valence-electron chi connectivity index (χ1n) is 10.1. The molecule has 9 heteroatoms. The Bertz CT molecular complexity index is 1380. The lowest BCUT2D eigenvalue weighted by molar-refractivity contribution is -0.116. The van der Waals surface area contributed by atoms with Crippen LogP contribution in [0, 0.1) is 5.82 Å². The Labute approximate surface area is 192 Å². The lowest BCUT2D eigenvalue weighted by Gasteiger charge is -2.08. The van der Waals surface area contributed by atoms with Crippen molar-refractivity contribution in [1.29, 1.82) is 0 Å². The predicted molar refractivity (Wildman–Crippen MR) is 123 cm³/mol. The molecular formula is C24H19ClFN3O4. The average Bonchev–Trinajstić information content (AvgIpc) is 3.11. The number of halogens is 2. The first-order chi connectivity index (χ1) is 15.9. The minimum atomic E-state index is -0.564. The molecule has 168 valence electrons. The van der Waals surface area contributed by atoms with Crippen molar-refractivity contribution in [3.63, 3.8) is 0 Å². The van der Waals surface area contributed by atoms with E-state index in [1.54, 1.807) is 60.7 Å². The number of hydrogen-bond acceptors (Lipinski definition) is 4. The van der Waals surface area contributed by atoms with Crippen molar-refractivity contribution in [1.82, 2.24) is 9.88 Å². The number of carbonyl (C=O) groups excluding carboxylic acids is 2. The number of carbonyl (C=O) groups is 2. The van der Waals surface area contributed by atoms with Crippen LogP contribution in [0.5, 0.6) is 0 Å². The molecule has 1 heterocycles. The highest BCUT2D eigenvalue weighted by molar-refractivity contribution is 6.31. The number of hydrogen-bond donors (Lipinski definition) is 2. The van der Waals surface area contributed by atoms with Crippen LogP contribution in [0.4, 0.5) is 10.1 Å². The van der Waals surface area contributed by atoms with Crippen molar-refractivity contribution in [3.8, 4) is 0 Å². The summed E-state index contributed by atoms with van der Waals surface area (Å²) in [7, 11) is 0. The molecule has 0 aliphatic carbocycles. The number of aryl methyl sites for hydroxylation is 1. The van der Waals surface area contributed by atoms with Crippen LogP contribution in [0.3, 0.4) is 0 Å². The maximum absolute atomic E-state index is 13.7. The lowest BCUT2D eigenvalue weighted by atomic mass is 10.1. The van der Waals surface area contributed by atoms with Crippen LogP contribution < -0.4 is 16.4 Å². The molecule has 0 atom stereocenters. The predicted octanol–water partition coefficient (Wildman–Crippen LogP) is 4.35. The van der Waals surface area contributed by atoms with E-state index in [9.17, 15) is 18.8 Å². The molecule has 0 aliphatic rings. The normalized spacial score (nSPS) is 10.8. The largest absolute Gasteiger partial charge is 0.419 e. The van der Waals surface area contributed by atoms with E-state index in [2.05, 4.69) is 10.6 Å². The maximum Gasteiger partial charge on any atom is 0.419 e. The Hall–Kier alpha value is -3.91. The molecule has 0 bridgehead atoms. The van der Waals surface area contributed by atoms with Gasteiger partial charge in [-0.1, -0.05) is 29.8 Å². The average molecular weight is 468 g/mol. The van der Waals surface area contributed by atoms with E-state index in [1.807, 2.05) is 0 Å². The van der Waals surface area contributed by atoms with E-state index < -0.39 is 5.76 Å². The summed E-state index contributed by atoms with van der Waals surface area (Å²) < 4.78 is 20.2. The summed E-state index contributed by atoms with van der Waals surface area (Å²) in [5, 5.41) is 5.83. The van der Waals surface area contributed by atoms with E-state index >= 15 is 0 Å². The van der Waals surface area contributed by atoms with Crippen LogP contribution in [-0.4, -0.2) is 16.4 Å². The Kier molecular flexibility index (Phi) is 6.55. The fourth-order valence-corrected chi connectivity index (χ4v) is 3.48. The number of amides is 2. The van der Waals surface area contributed by atoms with Gasteiger partial charge in [0.05, 0.1) is 5.52 Å². The lowest BCUT2D eigenvalue weighted by Crippen LogP contribution is -2.23. The first kappa shape index (κ1) is 22.3. The van der Waals surface area contributed by atoms with Gasteiger partial charge in [-0.15, -0.1) is 0 Å². The van der Waals surface area contributed by atoms with Gasteiger partial charge >= 0.3 is 5.76 Å². The van der Waals surface area contributed by atoms with Gasteiger partial charge in [0, 0.05) is 47.4 Å². The molecular weight excluding hydrogens is 449 g/mol. The maximum atomic E-state index is 13.7. The Morgan fingerprint density at radius 1 is 1.03 bits per heavy atom. The highest BCUT2D eigenvalue weighted by Crippen LogP contribution is 2.19. The molecule has 0 saturated carbocycles. The molecule has 0 fully saturated rings. The van der Waals surface area contributed by atoms with Crippen molar-refractivity contribution >= 4 is 40.2 Å². The molecule has 1 aromatic heterocycles. The van der Waals surface area contributed by atoms with Crippen molar-refractivity contribution < 1.29 is 18.4 Å². The molecule has 4 rings (SSSR count). The summed E-state index contributed by atoms with van der Waals surface area (Å²) in [4.78, 5) is 36.7. The van der Waals surface area contributed by atoms with Gasteiger partial charge in [-0.2, -0.15) is 0 Å². The summed E-state index contributed by atoms with van der Waals surface area (Å²) in [6, 6.07) is 17.4. The summed E-state index contributed by atoms with van der Waals surface area (Å²) in [5.41, 5.74) is 2.18. The number of rotatable bonds is 7. The van der Waals surface area contributed by atoms with Crippen LogP contribution in [0.2, 0.25) is 5.02 Å². The van der Waals surface area contributed by atoms with Gasteiger partial charge in [0.15, 0.2) is 5.58 Å². The molecule has 7 nitrogen and oxygen atoms in total. The molecule has 4 aromatic rings. The van der Waals surface area contributed by atoms with E-state index in [0.29, 0.717) is 32.9 Å². The third kappa shape index (κ3) is 5.30. The van der Waals surface area contributed by atoms with Gasteiger partial charge < -0.3 is 15.1 Å². The van der Waals surface area contributed by atoms with Crippen LogP contribution in [0.1, 0.15) is 22.3 Å². The van der Waals surface area contributed by atoms with Crippen molar-refractivity contribution in [2.24, 2.45) is 0 Å². The zero-order valence-corrected chi connectivity index (χ0v) is 18.1. The van der Waals surface area contributed by atoms with Gasteiger partial charge in [-0.05, 0) is 42.5 Å². The quantitative estimate of drug-likeness (QED) is 0.422.